The van der Waals surface area contributed by atoms with Gasteiger partial charge >= 0.3 is 34.7 Å². The number of carbonyl (C=O) groups excluding carboxylic acids is 3. The van der Waals surface area contributed by atoms with Crippen LogP contribution in [0.1, 0.15) is 0 Å². The molecule has 0 aliphatic carbocycles. The smallest absolute Gasteiger partial charge is 0.652 e. The Labute approximate surface area is 163 Å². The zero-order valence-electron chi connectivity index (χ0n) is 7.63. The van der Waals surface area contributed by atoms with E-state index < -0.39 is 18.5 Å². The Kier molecular flexibility index (Phi) is 179. The molecule has 0 N–H and O–H groups in total. The molecule has 0 heterocycles. The van der Waals surface area contributed by atoms with E-state index in [-0.39, 0.29) is 101 Å². The minimum atomic E-state index is -2.33. The van der Waals surface area contributed by atoms with Crippen LogP contribution >= 0.6 is 0 Å². The SMILES string of the molecule is O=C([O-])[O-].O=C([O-])[O-].O=C([O-])[O-].[Al+3].[Al+3].[Co].[Co].[Ni].[Ni]. The average Bonchev–Trinajstić information content (AvgIpc) is 1.54. The Hall–Kier alpha value is 0.875. The molecule has 0 saturated heterocycles. The van der Waals surface area contributed by atoms with Gasteiger partial charge in [0.25, 0.3) is 0 Å². The van der Waals surface area contributed by atoms with Crippen molar-refractivity contribution in [3.63, 3.8) is 0 Å². The third-order valence-electron chi connectivity index (χ3n) is 0. The van der Waals surface area contributed by atoms with Crippen molar-refractivity contribution in [1.82, 2.24) is 0 Å². The maximum absolute atomic E-state index is 8.33. The van der Waals surface area contributed by atoms with Gasteiger partial charge in [-0.05, 0) is 18.5 Å². The fourth-order valence-electron chi connectivity index (χ4n) is 0. The quantitative estimate of drug-likeness (QED) is 0.310. The van der Waals surface area contributed by atoms with Crippen LogP contribution in [0.4, 0.5) is 14.4 Å². The molecule has 0 saturated carbocycles. The first-order valence-corrected chi connectivity index (χ1v) is 1.84. The number of hydrogen-bond acceptors (Lipinski definition) is 9. The van der Waals surface area contributed by atoms with Crippen LogP contribution in [0.5, 0.6) is 0 Å². The van der Waals surface area contributed by atoms with Gasteiger partial charge in [-0.2, -0.15) is 0 Å². The summed E-state index contributed by atoms with van der Waals surface area (Å²) in [6, 6.07) is 0. The molecule has 0 amide bonds. The second-order valence-corrected chi connectivity index (χ2v) is 0.750. The molecule has 0 fully saturated rings. The first kappa shape index (κ1) is 61.8. The molecule has 0 rings (SSSR count). The molecule has 18 heavy (non-hydrogen) atoms. The normalized spacial score (nSPS) is 4.00. The maximum atomic E-state index is 8.33. The van der Waals surface area contributed by atoms with Gasteiger partial charge in [0.15, 0.2) is 0 Å². The van der Waals surface area contributed by atoms with E-state index in [2.05, 4.69) is 0 Å². The first-order valence-electron chi connectivity index (χ1n) is 1.84. The Morgan fingerprint density at radius 1 is 0.500 bits per heavy atom. The summed E-state index contributed by atoms with van der Waals surface area (Å²) in [5.74, 6) is 0. The Balaban J connectivity index is -0.00000000827. The van der Waals surface area contributed by atoms with E-state index >= 15 is 0 Å². The van der Waals surface area contributed by atoms with Crippen LogP contribution in [-0.4, -0.2) is 53.2 Å². The van der Waals surface area contributed by atoms with Gasteiger partial charge in [-0.15, -0.1) is 0 Å². The second kappa shape index (κ2) is 52.2. The van der Waals surface area contributed by atoms with Crippen LogP contribution in [0, 0.1) is 0 Å². The number of carbonyl (C=O) groups is 3. The molecular formula is C3Al2Co2Ni2O9. The minimum Gasteiger partial charge on any atom is -0.652 e. The van der Waals surface area contributed by atoms with E-state index in [4.69, 9.17) is 45.0 Å². The monoisotopic (exact) mass is 468 g/mol. The molecule has 0 aliphatic heterocycles. The number of carboxylic acid groups (broad SMARTS) is 6. The van der Waals surface area contributed by atoms with Crippen LogP contribution < -0.4 is 30.6 Å². The van der Waals surface area contributed by atoms with E-state index in [1.54, 1.807) is 0 Å². The second-order valence-electron chi connectivity index (χ2n) is 0.750. The van der Waals surface area contributed by atoms with Gasteiger partial charge < -0.3 is 45.0 Å². The summed E-state index contributed by atoms with van der Waals surface area (Å²) >= 11 is 0. The Bertz CT molecular complexity index is 133. The zero-order valence-corrected chi connectivity index (χ0v) is 14.0. The minimum absolute atomic E-state index is 0. The van der Waals surface area contributed by atoms with Gasteiger partial charge in [-0.1, -0.05) is 0 Å². The topological polar surface area (TPSA) is 190 Å². The summed E-state index contributed by atoms with van der Waals surface area (Å²) in [6.45, 7) is 0. The third kappa shape index (κ3) is 5560. The predicted octanol–water partition coefficient (Wildman–Crippen LogP) is -8.11. The molecule has 0 atom stereocenters. The van der Waals surface area contributed by atoms with Crippen LogP contribution in [0.15, 0.2) is 0 Å². The van der Waals surface area contributed by atoms with E-state index in [9.17, 15) is 0 Å². The summed E-state index contributed by atoms with van der Waals surface area (Å²) in [4.78, 5) is 25.0. The molecule has 0 aromatic carbocycles. The summed E-state index contributed by atoms with van der Waals surface area (Å²) in [7, 11) is 0. The largest absolute Gasteiger partial charge is 3.00 e. The van der Waals surface area contributed by atoms with E-state index in [1.165, 1.54) is 0 Å². The summed E-state index contributed by atoms with van der Waals surface area (Å²) < 4.78 is 0. The Morgan fingerprint density at radius 3 is 0.500 bits per heavy atom. The van der Waals surface area contributed by atoms with Gasteiger partial charge in [0.2, 0.25) is 0 Å². The maximum Gasteiger partial charge on any atom is 3.00 e. The summed E-state index contributed by atoms with van der Waals surface area (Å²) in [6.07, 6.45) is -7.00. The molecule has 9 nitrogen and oxygen atoms in total. The van der Waals surface area contributed by atoms with Crippen molar-refractivity contribution in [2.24, 2.45) is 0 Å². The van der Waals surface area contributed by atoms with Crippen molar-refractivity contribution in [3.05, 3.63) is 0 Å². The summed E-state index contributed by atoms with van der Waals surface area (Å²) in [5.41, 5.74) is 0. The van der Waals surface area contributed by atoms with Gasteiger partial charge in [-0.3, -0.25) is 0 Å². The van der Waals surface area contributed by atoms with E-state index in [1.807, 2.05) is 0 Å². The fraction of sp³-hybridized carbons (Fsp3) is 0. The van der Waals surface area contributed by atoms with Gasteiger partial charge in [0, 0.05) is 66.5 Å². The van der Waals surface area contributed by atoms with Gasteiger partial charge in [-0.25, -0.2) is 0 Å². The van der Waals surface area contributed by atoms with E-state index in [0.717, 1.165) is 0 Å². The molecule has 0 aromatic rings. The molecule has 0 unspecified atom stereocenters. The van der Waals surface area contributed by atoms with Crippen molar-refractivity contribution < 1.29 is 112 Å². The van der Waals surface area contributed by atoms with E-state index in [0.29, 0.717) is 0 Å². The molecule has 0 bridgehead atoms. The van der Waals surface area contributed by atoms with Gasteiger partial charge in [0.05, 0.1) is 0 Å². The summed E-state index contributed by atoms with van der Waals surface area (Å²) in [5, 5.41) is 50.0. The van der Waals surface area contributed by atoms with Crippen molar-refractivity contribution in [2.45, 2.75) is 0 Å². The number of rotatable bonds is 0. The molecule has 0 aliphatic rings. The van der Waals surface area contributed by atoms with Crippen molar-refractivity contribution in [1.29, 1.82) is 0 Å². The Morgan fingerprint density at radius 2 is 0.500 bits per heavy atom. The fourth-order valence-corrected chi connectivity index (χ4v) is 0. The zero-order chi connectivity index (χ0) is 10.7. The number of hydrogen-bond donors (Lipinski definition) is 0. The third-order valence-corrected chi connectivity index (χ3v) is 0. The molecule has 15 heteroatoms. The van der Waals surface area contributed by atoms with Gasteiger partial charge in [0.1, 0.15) is 0 Å². The van der Waals surface area contributed by atoms with Crippen LogP contribution in [0.3, 0.4) is 0 Å². The van der Waals surface area contributed by atoms with Crippen LogP contribution in [0.25, 0.3) is 0 Å². The molecule has 110 valence electrons. The molecule has 0 spiro atoms. The van der Waals surface area contributed by atoms with Crippen molar-refractivity contribution in [3.8, 4) is 0 Å². The predicted molar refractivity (Wildman–Crippen MR) is 27.7 cm³/mol. The molecular weight excluding hydrogens is 469 g/mol. The average molecular weight is 469 g/mol. The molecule has 2 radical (unpaired) electrons. The van der Waals surface area contributed by atoms with Crippen molar-refractivity contribution in [2.75, 3.05) is 0 Å². The van der Waals surface area contributed by atoms with Crippen LogP contribution in [-0.2, 0) is 66.5 Å². The van der Waals surface area contributed by atoms with Crippen LogP contribution in [0.2, 0.25) is 0 Å². The first-order chi connectivity index (χ1) is 5.20. The molecule has 0 aromatic heterocycles. The standard InChI is InChI=1S/3CH2O3.2Al.2Co.2Ni/c3*2-1(3)4;;;;;;/h3*(H2,2,3,4);;;;;;/q;;;2*+3;;;;/p-6. The van der Waals surface area contributed by atoms with Crippen molar-refractivity contribution >= 4 is 53.2 Å².